The van der Waals surface area contributed by atoms with Gasteiger partial charge < -0.3 is 15.2 Å². The van der Waals surface area contributed by atoms with Crippen LogP contribution in [0.4, 0.5) is 0 Å². The van der Waals surface area contributed by atoms with E-state index in [1.54, 1.807) is 17.4 Å². The molecule has 1 unspecified atom stereocenters. The Morgan fingerprint density at radius 2 is 2.30 bits per heavy atom. The first-order chi connectivity index (χ1) is 9.72. The number of hydrogen-bond acceptors (Lipinski definition) is 5. The lowest BCUT2D eigenvalue weighted by Crippen LogP contribution is -2.19. The Kier molecular flexibility index (Phi) is 5.38. The maximum absolute atomic E-state index is 10.1. The minimum Gasteiger partial charge on any atom is -0.504 e. The van der Waals surface area contributed by atoms with Crippen LogP contribution in [-0.2, 0) is 6.54 Å². The number of aromatic hydroxyl groups is 1. The van der Waals surface area contributed by atoms with Gasteiger partial charge in [0.15, 0.2) is 11.5 Å². The van der Waals surface area contributed by atoms with Crippen LogP contribution in [0.25, 0.3) is 0 Å². The molecule has 0 aliphatic heterocycles. The van der Waals surface area contributed by atoms with Gasteiger partial charge in [-0.3, -0.25) is 0 Å². The van der Waals surface area contributed by atoms with Gasteiger partial charge in [-0.25, -0.2) is 4.98 Å². The van der Waals surface area contributed by atoms with E-state index >= 15 is 0 Å². The molecule has 4 nitrogen and oxygen atoms in total. The molecule has 0 aliphatic rings. The van der Waals surface area contributed by atoms with Crippen LogP contribution in [0.3, 0.4) is 0 Å². The molecular formula is C15H20N2O2S. The lowest BCUT2D eigenvalue weighted by atomic mass is 10.1. The molecule has 20 heavy (non-hydrogen) atoms. The largest absolute Gasteiger partial charge is 0.504 e. The van der Waals surface area contributed by atoms with Crippen LogP contribution < -0.4 is 10.1 Å². The molecular weight excluding hydrogens is 272 g/mol. The summed E-state index contributed by atoms with van der Waals surface area (Å²) < 4.78 is 5.38. The first kappa shape index (κ1) is 14.8. The number of benzene rings is 1. The third kappa shape index (κ3) is 3.71. The Bertz CT molecular complexity index is 529. The molecule has 1 atom stereocenters. The Morgan fingerprint density at radius 1 is 1.45 bits per heavy atom. The quantitative estimate of drug-likeness (QED) is 0.823. The van der Waals surface area contributed by atoms with E-state index in [0.717, 1.165) is 17.1 Å². The van der Waals surface area contributed by atoms with Gasteiger partial charge in [-0.2, -0.15) is 0 Å². The molecule has 1 heterocycles. The number of phenols is 1. The fourth-order valence-corrected chi connectivity index (χ4v) is 2.67. The predicted molar refractivity (Wildman–Crippen MR) is 81.5 cm³/mol. The van der Waals surface area contributed by atoms with Crippen LogP contribution in [0.1, 0.15) is 30.3 Å². The lowest BCUT2D eigenvalue weighted by Gasteiger charge is -2.13. The second kappa shape index (κ2) is 7.26. The molecule has 0 fully saturated rings. The van der Waals surface area contributed by atoms with E-state index < -0.39 is 0 Å². The van der Waals surface area contributed by atoms with Crippen molar-refractivity contribution in [2.24, 2.45) is 0 Å². The Labute approximate surface area is 123 Å². The molecule has 1 aromatic carbocycles. The van der Waals surface area contributed by atoms with Gasteiger partial charge in [-0.1, -0.05) is 19.1 Å². The van der Waals surface area contributed by atoms with Crippen molar-refractivity contribution in [3.63, 3.8) is 0 Å². The maximum atomic E-state index is 10.1. The van der Waals surface area contributed by atoms with E-state index in [2.05, 4.69) is 17.2 Å². The van der Waals surface area contributed by atoms with E-state index in [9.17, 15) is 5.11 Å². The van der Waals surface area contributed by atoms with E-state index in [-0.39, 0.29) is 5.75 Å². The molecule has 0 saturated carbocycles. The van der Waals surface area contributed by atoms with E-state index in [4.69, 9.17) is 4.74 Å². The fourth-order valence-electron chi connectivity index (χ4n) is 1.97. The SMILES string of the molecule is CCOc1cccc(CNCC(C)c2nccs2)c1O. The smallest absolute Gasteiger partial charge is 0.162 e. The summed E-state index contributed by atoms with van der Waals surface area (Å²) in [6, 6.07) is 5.57. The summed E-state index contributed by atoms with van der Waals surface area (Å²) in [5.41, 5.74) is 0.849. The summed E-state index contributed by atoms with van der Waals surface area (Å²) in [6.07, 6.45) is 1.83. The average Bonchev–Trinajstić information content (AvgIpc) is 2.97. The van der Waals surface area contributed by atoms with Crippen molar-refractivity contribution >= 4 is 11.3 Å². The van der Waals surface area contributed by atoms with Crippen molar-refractivity contribution in [1.29, 1.82) is 0 Å². The van der Waals surface area contributed by atoms with E-state index in [0.29, 0.717) is 24.8 Å². The number of hydrogen-bond donors (Lipinski definition) is 2. The Hall–Kier alpha value is -1.59. The van der Waals surface area contributed by atoms with Gasteiger partial charge >= 0.3 is 0 Å². The second-order valence-corrected chi connectivity index (χ2v) is 5.53. The molecule has 0 bridgehead atoms. The summed E-state index contributed by atoms with van der Waals surface area (Å²) in [4.78, 5) is 4.31. The van der Waals surface area contributed by atoms with Crippen molar-refractivity contribution in [3.8, 4) is 11.5 Å². The highest BCUT2D eigenvalue weighted by molar-refractivity contribution is 7.09. The summed E-state index contributed by atoms with van der Waals surface area (Å²) in [6.45, 7) is 6.03. The van der Waals surface area contributed by atoms with Gasteiger partial charge in [-0.05, 0) is 13.0 Å². The highest BCUT2D eigenvalue weighted by atomic mass is 32.1. The zero-order valence-electron chi connectivity index (χ0n) is 11.8. The van der Waals surface area contributed by atoms with Gasteiger partial charge in [0.05, 0.1) is 11.6 Å². The van der Waals surface area contributed by atoms with Crippen molar-refractivity contribution in [2.45, 2.75) is 26.3 Å². The zero-order valence-corrected chi connectivity index (χ0v) is 12.6. The van der Waals surface area contributed by atoms with Crippen molar-refractivity contribution in [1.82, 2.24) is 10.3 Å². The van der Waals surface area contributed by atoms with Crippen molar-refractivity contribution < 1.29 is 9.84 Å². The molecule has 0 radical (unpaired) electrons. The maximum Gasteiger partial charge on any atom is 0.162 e. The Morgan fingerprint density at radius 3 is 3.00 bits per heavy atom. The Balaban J connectivity index is 1.89. The molecule has 0 saturated heterocycles. The third-order valence-corrected chi connectivity index (χ3v) is 4.03. The molecule has 108 valence electrons. The number of para-hydroxylation sites is 1. The second-order valence-electron chi connectivity index (χ2n) is 4.60. The van der Waals surface area contributed by atoms with Gasteiger partial charge in [0.1, 0.15) is 0 Å². The van der Waals surface area contributed by atoms with E-state index in [1.165, 1.54) is 0 Å². The zero-order chi connectivity index (χ0) is 14.4. The standard InChI is InChI=1S/C15H20N2O2S/c1-3-19-13-6-4-5-12(14(13)18)10-16-9-11(2)15-17-7-8-20-15/h4-8,11,16,18H,3,9-10H2,1-2H3. The van der Waals surface area contributed by atoms with Gasteiger partial charge in [0, 0.05) is 36.1 Å². The number of thiazole rings is 1. The van der Waals surface area contributed by atoms with Gasteiger partial charge in [0.25, 0.3) is 0 Å². The predicted octanol–water partition coefficient (Wildman–Crippen LogP) is 3.14. The minimum absolute atomic E-state index is 0.226. The van der Waals surface area contributed by atoms with Crippen LogP contribution in [0.15, 0.2) is 29.8 Å². The van der Waals surface area contributed by atoms with Crippen LogP contribution in [-0.4, -0.2) is 23.2 Å². The highest BCUT2D eigenvalue weighted by Crippen LogP contribution is 2.29. The number of rotatable bonds is 7. The van der Waals surface area contributed by atoms with Crippen LogP contribution in [0, 0.1) is 0 Å². The molecule has 2 aromatic rings. The first-order valence-electron chi connectivity index (χ1n) is 6.76. The summed E-state index contributed by atoms with van der Waals surface area (Å²) in [7, 11) is 0. The first-order valence-corrected chi connectivity index (χ1v) is 7.64. The summed E-state index contributed by atoms with van der Waals surface area (Å²) in [5, 5.41) is 16.6. The monoisotopic (exact) mass is 292 g/mol. The molecule has 2 rings (SSSR count). The number of ether oxygens (including phenoxy) is 1. The molecule has 2 N–H and O–H groups in total. The number of aromatic nitrogens is 1. The van der Waals surface area contributed by atoms with Gasteiger partial charge in [-0.15, -0.1) is 11.3 Å². The molecule has 5 heteroatoms. The summed E-state index contributed by atoms with van der Waals surface area (Å²) >= 11 is 1.67. The van der Waals surface area contributed by atoms with Crippen molar-refractivity contribution in [3.05, 3.63) is 40.3 Å². The van der Waals surface area contributed by atoms with E-state index in [1.807, 2.05) is 30.6 Å². The van der Waals surface area contributed by atoms with Gasteiger partial charge in [0.2, 0.25) is 0 Å². The molecule has 1 aromatic heterocycles. The topological polar surface area (TPSA) is 54.4 Å². The molecule has 0 amide bonds. The summed E-state index contributed by atoms with van der Waals surface area (Å²) in [5.74, 6) is 1.13. The fraction of sp³-hybridized carbons (Fsp3) is 0.400. The van der Waals surface area contributed by atoms with Crippen molar-refractivity contribution in [2.75, 3.05) is 13.2 Å². The molecule has 0 spiro atoms. The number of nitrogens with zero attached hydrogens (tertiary/aromatic N) is 1. The highest BCUT2D eigenvalue weighted by Gasteiger charge is 2.10. The minimum atomic E-state index is 0.226. The van der Waals surface area contributed by atoms with Crippen LogP contribution in [0.5, 0.6) is 11.5 Å². The average molecular weight is 292 g/mol. The molecule has 0 aliphatic carbocycles. The normalized spacial score (nSPS) is 12.3. The van der Waals surface area contributed by atoms with Crippen LogP contribution >= 0.6 is 11.3 Å². The van der Waals surface area contributed by atoms with Crippen LogP contribution in [0.2, 0.25) is 0 Å². The number of phenolic OH excluding ortho intramolecular Hbond substituents is 1. The number of nitrogens with one attached hydrogen (secondary N) is 1. The third-order valence-electron chi connectivity index (χ3n) is 3.02. The lowest BCUT2D eigenvalue weighted by molar-refractivity contribution is 0.316.